The highest BCUT2D eigenvalue weighted by Gasteiger charge is 2.40. The predicted octanol–water partition coefficient (Wildman–Crippen LogP) is 1.28. The summed E-state index contributed by atoms with van der Waals surface area (Å²) in [7, 11) is 0. The lowest BCUT2D eigenvalue weighted by Gasteiger charge is -2.28. The maximum absolute atomic E-state index is 13.7. The number of hydrogen-bond donors (Lipinski definition) is 2. The molecule has 1 aliphatic carbocycles. The summed E-state index contributed by atoms with van der Waals surface area (Å²) < 4.78 is 13.7. The number of rotatable bonds is 4. The number of benzene rings is 1. The van der Waals surface area contributed by atoms with Crippen molar-refractivity contribution in [3.05, 3.63) is 35.6 Å². The monoisotopic (exact) mass is 222 g/mol. The molecule has 1 unspecified atom stereocenters. The Balaban J connectivity index is 2.38. The molecular formula is C12H15FN2O. The van der Waals surface area contributed by atoms with E-state index >= 15 is 0 Å². The first-order chi connectivity index (χ1) is 7.54. The third kappa shape index (κ3) is 1.93. The summed E-state index contributed by atoms with van der Waals surface area (Å²) in [5, 5.41) is 3.11. The van der Waals surface area contributed by atoms with Crippen LogP contribution in [0.15, 0.2) is 24.3 Å². The predicted molar refractivity (Wildman–Crippen MR) is 59.1 cm³/mol. The molecule has 1 aromatic carbocycles. The van der Waals surface area contributed by atoms with Crippen LogP contribution in [0.25, 0.3) is 0 Å². The largest absolute Gasteiger partial charge is 0.368 e. The van der Waals surface area contributed by atoms with Gasteiger partial charge in [-0.2, -0.15) is 0 Å². The number of carbonyl (C=O) groups is 1. The summed E-state index contributed by atoms with van der Waals surface area (Å²) in [5.41, 5.74) is 4.58. The van der Waals surface area contributed by atoms with Gasteiger partial charge in [-0.25, -0.2) is 4.39 Å². The fourth-order valence-electron chi connectivity index (χ4n) is 1.78. The lowest BCUT2D eigenvalue weighted by molar-refractivity contribution is -0.124. The van der Waals surface area contributed by atoms with Crippen LogP contribution in [0.3, 0.4) is 0 Å². The number of primary amides is 1. The van der Waals surface area contributed by atoms with Crippen LogP contribution >= 0.6 is 0 Å². The van der Waals surface area contributed by atoms with Gasteiger partial charge in [0.1, 0.15) is 11.4 Å². The van der Waals surface area contributed by atoms with E-state index in [4.69, 9.17) is 5.73 Å². The maximum atomic E-state index is 13.7. The van der Waals surface area contributed by atoms with Gasteiger partial charge in [0.05, 0.1) is 0 Å². The van der Waals surface area contributed by atoms with Crippen LogP contribution in [0.5, 0.6) is 0 Å². The van der Waals surface area contributed by atoms with E-state index < -0.39 is 17.3 Å². The lowest BCUT2D eigenvalue weighted by Crippen LogP contribution is -2.51. The van der Waals surface area contributed by atoms with Crippen molar-refractivity contribution in [2.24, 2.45) is 5.73 Å². The van der Waals surface area contributed by atoms with Crippen molar-refractivity contribution in [3.8, 4) is 0 Å². The van der Waals surface area contributed by atoms with E-state index in [0.717, 1.165) is 12.8 Å². The van der Waals surface area contributed by atoms with Crippen LogP contribution in [-0.2, 0) is 10.3 Å². The highest BCUT2D eigenvalue weighted by Crippen LogP contribution is 2.29. The standard InChI is InChI=1S/C12H15FN2O/c1-12(11(14)16,15-8-6-7-8)9-4-2-3-5-10(9)13/h2-5,8,15H,6-7H2,1H3,(H2,14,16). The smallest absolute Gasteiger partial charge is 0.242 e. The molecule has 1 atom stereocenters. The zero-order valence-electron chi connectivity index (χ0n) is 9.16. The molecule has 0 saturated heterocycles. The molecule has 1 saturated carbocycles. The third-order valence-electron chi connectivity index (χ3n) is 2.98. The highest BCUT2D eigenvalue weighted by molar-refractivity contribution is 5.85. The van der Waals surface area contributed by atoms with Gasteiger partial charge < -0.3 is 5.73 Å². The molecule has 0 aromatic heterocycles. The van der Waals surface area contributed by atoms with E-state index in [2.05, 4.69) is 5.32 Å². The first-order valence-electron chi connectivity index (χ1n) is 5.36. The summed E-state index contributed by atoms with van der Waals surface area (Å²) in [6.07, 6.45) is 2.02. The molecule has 1 fully saturated rings. The number of nitrogens with one attached hydrogen (secondary N) is 1. The number of hydrogen-bond acceptors (Lipinski definition) is 2. The Morgan fingerprint density at radius 1 is 1.50 bits per heavy atom. The summed E-state index contributed by atoms with van der Waals surface area (Å²) in [6.45, 7) is 1.63. The number of halogens is 1. The molecule has 16 heavy (non-hydrogen) atoms. The first-order valence-corrected chi connectivity index (χ1v) is 5.36. The number of amides is 1. The number of nitrogens with two attached hydrogens (primary N) is 1. The minimum atomic E-state index is -1.12. The van der Waals surface area contributed by atoms with E-state index in [0.29, 0.717) is 5.56 Å². The molecule has 0 heterocycles. The van der Waals surface area contributed by atoms with Crippen LogP contribution in [0.2, 0.25) is 0 Å². The van der Waals surface area contributed by atoms with Gasteiger partial charge in [-0.3, -0.25) is 10.1 Å². The molecule has 3 nitrogen and oxygen atoms in total. The van der Waals surface area contributed by atoms with Gasteiger partial charge in [-0.15, -0.1) is 0 Å². The van der Waals surface area contributed by atoms with Gasteiger partial charge >= 0.3 is 0 Å². The van der Waals surface area contributed by atoms with Gasteiger partial charge in [-0.1, -0.05) is 18.2 Å². The third-order valence-corrected chi connectivity index (χ3v) is 2.98. The second-order valence-electron chi connectivity index (χ2n) is 4.39. The van der Waals surface area contributed by atoms with E-state index in [1.54, 1.807) is 25.1 Å². The molecule has 86 valence electrons. The van der Waals surface area contributed by atoms with Gasteiger partial charge in [0, 0.05) is 11.6 Å². The molecule has 3 N–H and O–H groups in total. The summed E-state index contributed by atoms with van der Waals surface area (Å²) in [4.78, 5) is 11.5. The lowest BCUT2D eigenvalue weighted by atomic mass is 9.90. The quantitative estimate of drug-likeness (QED) is 0.806. The minimum Gasteiger partial charge on any atom is -0.368 e. The molecule has 1 amide bonds. The zero-order chi connectivity index (χ0) is 11.8. The normalized spacial score (nSPS) is 19.1. The average molecular weight is 222 g/mol. The van der Waals surface area contributed by atoms with Crippen LogP contribution in [0, 0.1) is 5.82 Å². The first kappa shape index (κ1) is 11.1. The molecule has 4 heteroatoms. The maximum Gasteiger partial charge on any atom is 0.242 e. The van der Waals surface area contributed by atoms with Gasteiger partial charge in [-0.05, 0) is 25.8 Å². The van der Waals surface area contributed by atoms with Crippen molar-refractivity contribution >= 4 is 5.91 Å². The second-order valence-corrected chi connectivity index (χ2v) is 4.39. The Bertz CT molecular complexity index is 417. The average Bonchev–Trinajstić information content (AvgIpc) is 3.01. The zero-order valence-corrected chi connectivity index (χ0v) is 9.16. The fourth-order valence-corrected chi connectivity index (χ4v) is 1.78. The summed E-state index contributed by atoms with van der Waals surface area (Å²) in [5.74, 6) is -0.957. The van der Waals surface area contributed by atoms with Crippen LogP contribution in [0.1, 0.15) is 25.3 Å². The molecule has 0 bridgehead atoms. The number of carbonyl (C=O) groups excluding carboxylic acids is 1. The van der Waals surface area contributed by atoms with Crippen molar-refractivity contribution in [2.75, 3.05) is 0 Å². The van der Waals surface area contributed by atoms with Crippen molar-refractivity contribution < 1.29 is 9.18 Å². The second kappa shape index (κ2) is 3.87. The molecular weight excluding hydrogens is 207 g/mol. The van der Waals surface area contributed by atoms with Crippen molar-refractivity contribution in [2.45, 2.75) is 31.3 Å². The topological polar surface area (TPSA) is 55.1 Å². The Hall–Kier alpha value is -1.42. The van der Waals surface area contributed by atoms with Crippen LogP contribution in [-0.4, -0.2) is 11.9 Å². The minimum absolute atomic E-state index is 0.275. The van der Waals surface area contributed by atoms with E-state index in [-0.39, 0.29) is 6.04 Å². The molecule has 2 rings (SSSR count). The van der Waals surface area contributed by atoms with Gasteiger partial charge in [0.25, 0.3) is 0 Å². The molecule has 0 spiro atoms. The van der Waals surface area contributed by atoms with Gasteiger partial charge in [0.2, 0.25) is 5.91 Å². The van der Waals surface area contributed by atoms with Crippen LogP contribution < -0.4 is 11.1 Å². The van der Waals surface area contributed by atoms with Gasteiger partial charge in [0.15, 0.2) is 0 Å². The summed E-state index contributed by atoms with van der Waals surface area (Å²) in [6, 6.07) is 6.50. The molecule has 1 aliphatic rings. The Kier molecular flexibility index (Phi) is 2.68. The van der Waals surface area contributed by atoms with Crippen LogP contribution in [0.4, 0.5) is 4.39 Å². The van der Waals surface area contributed by atoms with Crippen molar-refractivity contribution in [3.63, 3.8) is 0 Å². The Morgan fingerprint density at radius 3 is 2.62 bits per heavy atom. The Labute approximate surface area is 93.8 Å². The molecule has 0 radical (unpaired) electrons. The summed E-state index contributed by atoms with van der Waals surface area (Å²) >= 11 is 0. The fraction of sp³-hybridized carbons (Fsp3) is 0.417. The Morgan fingerprint density at radius 2 is 2.12 bits per heavy atom. The highest BCUT2D eigenvalue weighted by atomic mass is 19.1. The molecule has 1 aromatic rings. The van der Waals surface area contributed by atoms with E-state index in [1.807, 2.05) is 0 Å². The molecule has 0 aliphatic heterocycles. The van der Waals surface area contributed by atoms with Crippen molar-refractivity contribution in [1.29, 1.82) is 0 Å². The van der Waals surface area contributed by atoms with Crippen molar-refractivity contribution in [1.82, 2.24) is 5.32 Å². The SMILES string of the molecule is CC(NC1CC1)(C(N)=O)c1ccccc1F. The van der Waals surface area contributed by atoms with E-state index in [9.17, 15) is 9.18 Å². The van der Waals surface area contributed by atoms with E-state index in [1.165, 1.54) is 6.07 Å².